The second-order valence-corrected chi connectivity index (χ2v) is 4.82. The predicted octanol–water partition coefficient (Wildman–Crippen LogP) is 2.63. The molecule has 0 aromatic heterocycles. The van der Waals surface area contributed by atoms with Gasteiger partial charge in [0.15, 0.2) is 0 Å². The Morgan fingerprint density at radius 1 is 1.04 bits per heavy atom. The molecule has 2 aromatic rings. The molecule has 0 aliphatic heterocycles. The van der Waals surface area contributed by atoms with E-state index in [1.54, 1.807) is 36.4 Å². The molecule has 0 atom stereocenters. The van der Waals surface area contributed by atoms with Gasteiger partial charge < -0.3 is 16.0 Å². The number of hydrogen-bond acceptors (Lipinski definition) is 3. The number of amides is 2. The standard InChI is InChI=1S/C17H18FN3O2/c1-2-19-17(23)12-7-9-13(10-8-12)20-11-16(22)21-15-6-4-3-5-14(15)18/h3-10,20H,2,11H2,1H3,(H,19,23)(H,21,22). The lowest BCUT2D eigenvalue weighted by atomic mass is 10.2. The molecule has 0 aliphatic rings. The molecular formula is C17H18FN3O2. The zero-order valence-corrected chi connectivity index (χ0v) is 12.7. The number of para-hydroxylation sites is 1. The van der Waals surface area contributed by atoms with Gasteiger partial charge in [-0.25, -0.2) is 4.39 Å². The lowest BCUT2D eigenvalue weighted by molar-refractivity contribution is -0.114. The molecule has 0 radical (unpaired) electrons. The van der Waals surface area contributed by atoms with Gasteiger partial charge in [0.1, 0.15) is 5.82 Å². The van der Waals surface area contributed by atoms with Crippen LogP contribution >= 0.6 is 0 Å². The van der Waals surface area contributed by atoms with E-state index >= 15 is 0 Å². The maximum absolute atomic E-state index is 13.4. The van der Waals surface area contributed by atoms with E-state index in [4.69, 9.17) is 0 Å². The summed E-state index contributed by atoms with van der Waals surface area (Å²) in [4.78, 5) is 23.4. The smallest absolute Gasteiger partial charge is 0.251 e. The molecule has 0 spiro atoms. The minimum Gasteiger partial charge on any atom is -0.376 e. The third-order valence-electron chi connectivity index (χ3n) is 3.09. The van der Waals surface area contributed by atoms with Gasteiger partial charge in [-0.1, -0.05) is 12.1 Å². The Labute approximate surface area is 133 Å². The summed E-state index contributed by atoms with van der Waals surface area (Å²) in [5, 5.41) is 8.11. The van der Waals surface area contributed by atoms with Gasteiger partial charge in [-0.3, -0.25) is 9.59 Å². The lowest BCUT2D eigenvalue weighted by Gasteiger charge is -2.09. The topological polar surface area (TPSA) is 70.2 Å². The Balaban J connectivity index is 1.87. The zero-order valence-electron chi connectivity index (χ0n) is 12.7. The molecule has 0 saturated carbocycles. The van der Waals surface area contributed by atoms with Gasteiger partial charge in [0, 0.05) is 17.8 Å². The SMILES string of the molecule is CCNC(=O)c1ccc(NCC(=O)Nc2ccccc2F)cc1. The van der Waals surface area contributed by atoms with Crippen LogP contribution in [0.1, 0.15) is 17.3 Å². The summed E-state index contributed by atoms with van der Waals surface area (Å²) in [7, 11) is 0. The largest absolute Gasteiger partial charge is 0.376 e. The first kappa shape index (κ1) is 16.5. The van der Waals surface area contributed by atoms with E-state index in [2.05, 4.69) is 16.0 Å². The highest BCUT2D eigenvalue weighted by atomic mass is 19.1. The van der Waals surface area contributed by atoms with Crippen LogP contribution in [0, 0.1) is 5.82 Å². The molecule has 3 N–H and O–H groups in total. The van der Waals surface area contributed by atoms with Crippen LogP contribution in [-0.4, -0.2) is 24.9 Å². The molecule has 0 saturated heterocycles. The van der Waals surface area contributed by atoms with Crippen LogP contribution < -0.4 is 16.0 Å². The summed E-state index contributed by atoms with van der Waals surface area (Å²) in [5.74, 6) is -0.980. The van der Waals surface area contributed by atoms with Crippen molar-refractivity contribution in [3.05, 3.63) is 59.9 Å². The van der Waals surface area contributed by atoms with E-state index in [1.807, 2.05) is 6.92 Å². The van der Waals surface area contributed by atoms with E-state index in [1.165, 1.54) is 12.1 Å². The second-order valence-electron chi connectivity index (χ2n) is 4.82. The second kappa shape index (κ2) is 7.93. The molecule has 2 aromatic carbocycles. The molecule has 0 fully saturated rings. The van der Waals surface area contributed by atoms with E-state index in [0.29, 0.717) is 17.8 Å². The Morgan fingerprint density at radius 3 is 2.39 bits per heavy atom. The summed E-state index contributed by atoms with van der Waals surface area (Å²) < 4.78 is 13.4. The molecule has 6 heteroatoms. The molecule has 0 aliphatic carbocycles. The van der Waals surface area contributed by atoms with Gasteiger partial charge >= 0.3 is 0 Å². The van der Waals surface area contributed by atoms with Crippen LogP contribution in [0.5, 0.6) is 0 Å². The van der Waals surface area contributed by atoms with Crippen LogP contribution in [0.3, 0.4) is 0 Å². The number of carbonyl (C=O) groups is 2. The van der Waals surface area contributed by atoms with Crippen molar-refractivity contribution in [1.29, 1.82) is 0 Å². The number of benzene rings is 2. The third kappa shape index (κ3) is 4.81. The summed E-state index contributed by atoms with van der Waals surface area (Å²) in [6, 6.07) is 12.7. The van der Waals surface area contributed by atoms with E-state index < -0.39 is 5.82 Å². The van der Waals surface area contributed by atoms with Crippen molar-refractivity contribution in [2.45, 2.75) is 6.92 Å². The molecule has 0 heterocycles. The number of anilines is 2. The minimum absolute atomic E-state index is 0.00512. The number of hydrogen-bond donors (Lipinski definition) is 3. The van der Waals surface area contributed by atoms with Crippen LogP contribution in [-0.2, 0) is 4.79 Å². The van der Waals surface area contributed by atoms with Crippen LogP contribution in [0.4, 0.5) is 15.8 Å². The summed E-state index contributed by atoms with van der Waals surface area (Å²) in [5.41, 5.74) is 1.39. The summed E-state index contributed by atoms with van der Waals surface area (Å²) in [6.45, 7) is 2.41. The first-order valence-corrected chi connectivity index (χ1v) is 7.26. The Morgan fingerprint density at radius 2 is 1.74 bits per heavy atom. The van der Waals surface area contributed by atoms with Crippen LogP contribution in [0.2, 0.25) is 0 Å². The number of nitrogens with one attached hydrogen (secondary N) is 3. The Bertz CT molecular complexity index is 686. The molecular weight excluding hydrogens is 297 g/mol. The molecule has 2 rings (SSSR count). The highest BCUT2D eigenvalue weighted by molar-refractivity contribution is 5.95. The van der Waals surface area contributed by atoms with Crippen LogP contribution in [0.25, 0.3) is 0 Å². The van der Waals surface area contributed by atoms with Gasteiger partial charge in [-0.2, -0.15) is 0 Å². The summed E-state index contributed by atoms with van der Waals surface area (Å²) in [6.07, 6.45) is 0. The molecule has 23 heavy (non-hydrogen) atoms. The van der Waals surface area contributed by atoms with Crippen molar-refractivity contribution in [3.63, 3.8) is 0 Å². The number of carbonyl (C=O) groups excluding carboxylic acids is 2. The monoisotopic (exact) mass is 315 g/mol. The molecule has 2 amide bonds. The first-order chi connectivity index (χ1) is 11.1. The summed E-state index contributed by atoms with van der Waals surface area (Å²) >= 11 is 0. The minimum atomic E-state index is -0.480. The number of rotatable bonds is 6. The quantitative estimate of drug-likeness (QED) is 0.767. The van der Waals surface area contributed by atoms with Gasteiger partial charge in [0.2, 0.25) is 5.91 Å². The highest BCUT2D eigenvalue weighted by Gasteiger charge is 2.07. The highest BCUT2D eigenvalue weighted by Crippen LogP contribution is 2.13. The van der Waals surface area contributed by atoms with Crippen molar-refractivity contribution in [3.8, 4) is 0 Å². The van der Waals surface area contributed by atoms with Gasteiger partial charge in [-0.15, -0.1) is 0 Å². The Kier molecular flexibility index (Phi) is 5.68. The van der Waals surface area contributed by atoms with Crippen molar-refractivity contribution in [2.75, 3.05) is 23.7 Å². The fourth-order valence-electron chi connectivity index (χ4n) is 1.94. The lowest BCUT2D eigenvalue weighted by Crippen LogP contribution is -2.23. The van der Waals surface area contributed by atoms with E-state index in [9.17, 15) is 14.0 Å². The average Bonchev–Trinajstić information content (AvgIpc) is 2.56. The normalized spacial score (nSPS) is 10.0. The third-order valence-corrected chi connectivity index (χ3v) is 3.09. The first-order valence-electron chi connectivity index (χ1n) is 7.26. The van der Waals surface area contributed by atoms with Crippen molar-refractivity contribution in [1.82, 2.24) is 5.32 Å². The zero-order chi connectivity index (χ0) is 16.7. The Hall–Kier alpha value is -2.89. The van der Waals surface area contributed by atoms with E-state index in [0.717, 1.165) is 0 Å². The van der Waals surface area contributed by atoms with Crippen molar-refractivity contribution in [2.24, 2.45) is 0 Å². The molecule has 5 nitrogen and oxygen atoms in total. The fraction of sp³-hybridized carbons (Fsp3) is 0.176. The molecule has 0 bridgehead atoms. The maximum Gasteiger partial charge on any atom is 0.251 e. The maximum atomic E-state index is 13.4. The van der Waals surface area contributed by atoms with Crippen LogP contribution in [0.15, 0.2) is 48.5 Å². The van der Waals surface area contributed by atoms with Gasteiger partial charge in [0.05, 0.1) is 12.2 Å². The fourth-order valence-corrected chi connectivity index (χ4v) is 1.94. The molecule has 0 unspecified atom stereocenters. The molecule has 120 valence electrons. The van der Waals surface area contributed by atoms with Gasteiger partial charge in [0.25, 0.3) is 5.91 Å². The van der Waals surface area contributed by atoms with Crippen molar-refractivity contribution >= 4 is 23.2 Å². The van der Waals surface area contributed by atoms with Gasteiger partial charge in [-0.05, 0) is 43.3 Å². The van der Waals surface area contributed by atoms with E-state index in [-0.39, 0.29) is 24.0 Å². The van der Waals surface area contributed by atoms with Crippen molar-refractivity contribution < 1.29 is 14.0 Å². The average molecular weight is 315 g/mol. The predicted molar refractivity (Wildman–Crippen MR) is 88.0 cm³/mol. The number of halogens is 1.